The lowest BCUT2D eigenvalue weighted by Crippen LogP contribution is -2.26. The second kappa shape index (κ2) is 10.4. The van der Waals surface area contributed by atoms with Gasteiger partial charge in [0, 0.05) is 12.7 Å². The highest BCUT2D eigenvalue weighted by Crippen LogP contribution is 2.35. The van der Waals surface area contributed by atoms with Crippen LogP contribution in [0.3, 0.4) is 0 Å². The van der Waals surface area contributed by atoms with Crippen molar-refractivity contribution in [1.82, 2.24) is 25.2 Å². The zero-order valence-electron chi connectivity index (χ0n) is 17.5. The second-order valence-corrected chi connectivity index (χ2v) is 8.05. The molecule has 31 heavy (non-hydrogen) atoms. The largest absolute Gasteiger partial charge is 0.470 e. The first-order chi connectivity index (χ1) is 14.9. The van der Waals surface area contributed by atoms with Crippen LogP contribution in [-0.4, -0.2) is 66.0 Å². The van der Waals surface area contributed by atoms with Crippen LogP contribution in [0.2, 0.25) is 0 Å². The fourth-order valence-corrected chi connectivity index (χ4v) is 4.00. The van der Waals surface area contributed by atoms with Crippen LogP contribution in [0.25, 0.3) is 10.2 Å². The Kier molecular flexibility index (Phi) is 7.64. The Balaban J connectivity index is 1.83. The number of aryl methyl sites for hydroxylation is 1. The topological polar surface area (TPSA) is 92.3 Å². The smallest absolute Gasteiger partial charge is 0.272 e. The van der Waals surface area contributed by atoms with Crippen LogP contribution in [-0.2, 0) is 0 Å². The predicted molar refractivity (Wildman–Crippen MR) is 117 cm³/mol. The molecular weight excluding hydrogens is 426 g/mol. The standard InChI is InChI=1S/C20H24F2N6O2S/c1-12-15-17(27-13-6-4-7-24-19(13)30-10-14(21)22)25-11-26-20(15)31-16(12)18(29)23-8-5-9-28(2)3/h4,6-7,11,14H,5,8-10H2,1-3H3,(H,23,29)(H,25,26,27). The van der Waals surface area contributed by atoms with Crippen molar-refractivity contribution in [3.8, 4) is 5.88 Å². The van der Waals surface area contributed by atoms with Gasteiger partial charge in [0.1, 0.15) is 22.7 Å². The van der Waals surface area contributed by atoms with Crippen LogP contribution in [0.5, 0.6) is 5.88 Å². The number of pyridine rings is 1. The molecule has 0 aromatic carbocycles. The Bertz CT molecular complexity index is 1040. The first-order valence-electron chi connectivity index (χ1n) is 9.66. The van der Waals surface area contributed by atoms with Gasteiger partial charge in [0.15, 0.2) is 6.61 Å². The Morgan fingerprint density at radius 2 is 2.10 bits per heavy atom. The number of hydrogen-bond acceptors (Lipinski definition) is 8. The van der Waals surface area contributed by atoms with Gasteiger partial charge >= 0.3 is 0 Å². The van der Waals surface area contributed by atoms with Crippen molar-refractivity contribution < 1.29 is 18.3 Å². The first-order valence-corrected chi connectivity index (χ1v) is 10.5. The van der Waals surface area contributed by atoms with E-state index >= 15 is 0 Å². The number of anilines is 2. The summed E-state index contributed by atoms with van der Waals surface area (Å²) in [6.07, 6.45) is 1.07. The summed E-state index contributed by atoms with van der Waals surface area (Å²) in [6, 6.07) is 3.31. The maximum atomic E-state index is 12.7. The zero-order valence-corrected chi connectivity index (χ0v) is 18.3. The summed E-state index contributed by atoms with van der Waals surface area (Å²) >= 11 is 1.28. The average Bonchev–Trinajstić information content (AvgIpc) is 3.08. The van der Waals surface area contributed by atoms with E-state index in [0.29, 0.717) is 33.1 Å². The second-order valence-electron chi connectivity index (χ2n) is 7.05. The van der Waals surface area contributed by atoms with E-state index in [0.717, 1.165) is 18.5 Å². The summed E-state index contributed by atoms with van der Waals surface area (Å²) in [7, 11) is 3.97. The van der Waals surface area contributed by atoms with E-state index in [2.05, 4.69) is 30.5 Å². The molecule has 11 heteroatoms. The number of carbonyl (C=O) groups is 1. The molecule has 3 aromatic rings. The molecule has 0 atom stereocenters. The highest BCUT2D eigenvalue weighted by Gasteiger charge is 2.20. The van der Waals surface area contributed by atoms with Crippen molar-refractivity contribution in [1.29, 1.82) is 0 Å². The number of amides is 1. The summed E-state index contributed by atoms with van der Waals surface area (Å²) in [6.45, 7) is 2.52. The van der Waals surface area contributed by atoms with E-state index in [1.54, 1.807) is 12.1 Å². The van der Waals surface area contributed by atoms with E-state index in [9.17, 15) is 13.6 Å². The van der Waals surface area contributed by atoms with Gasteiger partial charge < -0.3 is 20.3 Å². The predicted octanol–water partition coefficient (Wildman–Crippen LogP) is 3.46. The van der Waals surface area contributed by atoms with Crippen LogP contribution in [0.4, 0.5) is 20.3 Å². The van der Waals surface area contributed by atoms with Crippen LogP contribution < -0.4 is 15.4 Å². The molecule has 3 aromatic heterocycles. The van der Waals surface area contributed by atoms with Gasteiger partial charge in [-0.25, -0.2) is 23.7 Å². The lowest BCUT2D eigenvalue weighted by atomic mass is 10.2. The fourth-order valence-electron chi connectivity index (χ4n) is 2.93. The number of carbonyl (C=O) groups excluding carboxylic acids is 1. The van der Waals surface area contributed by atoms with E-state index in [-0.39, 0.29) is 11.8 Å². The number of nitrogens with one attached hydrogen (secondary N) is 2. The number of ether oxygens (including phenoxy) is 1. The van der Waals surface area contributed by atoms with E-state index in [1.807, 2.05) is 21.0 Å². The highest BCUT2D eigenvalue weighted by atomic mass is 32.1. The molecule has 2 N–H and O–H groups in total. The van der Waals surface area contributed by atoms with E-state index < -0.39 is 13.0 Å². The molecular formula is C20H24F2N6O2S. The summed E-state index contributed by atoms with van der Waals surface area (Å²) in [5.74, 6) is 0.328. The first kappa shape index (κ1) is 22.8. The van der Waals surface area contributed by atoms with Crippen LogP contribution >= 0.6 is 11.3 Å². The molecule has 0 saturated heterocycles. The van der Waals surface area contributed by atoms with Crippen LogP contribution in [0, 0.1) is 6.92 Å². The van der Waals surface area contributed by atoms with Crippen molar-refractivity contribution >= 4 is 39.0 Å². The fraction of sp³-hybridized carbons (Fsp3) is 0.400. The number of thiophene rings is 1. The molecule has 0 bridgehead atoms. The molecule has 3 rings (SSSR count). The number of alkyl halides is 2. The van der Waals surface area contributed by atoms with Gasteiger partial charge in [-0.3, -0.25) is 4.79 Å². The lowest BCUT2D eigenvalue weighted by molar-refractivity contribution is 0.0800. The number of aromatic nitrogens is 3. The number of fused-ring (bicyclic) bond motifs is 1. The summed E-state index contributed by atoms with van der Waals surface area (Å²) in [5, 5.41) is 6.71. The maximum Gasteiger partial charge on any atom is 0.272 e. The molecule has 0 fully saturated rings. The minimum atomic E-state index is -2.61. The molecule has 0 aliphatic rings. The molecule has 0 radical (unpaired) electrons. The quantitative estimate of drug-likeness (QED) is 0.457. The number of rotatable bonds is 10. The SMILES string of the molecule is Cc1c(C(=O)NCCCN(C)C)sc2ncnc(Nc3cccnc3OCC(F)F)c12. The molecule has 8 nitrogen and oxygen atoms in total. The average molecular weight is 451 g/mol. The zero-order chi connectivity index (χ0) is 22.4. The maximum absolute atomic E-state index is 12.7. The monoisotopic (exact) mass is 450 g/mol. The molecule has 3 heterocycles. The van der Waals surface area contributed by atoms with Crippen molar-refractivity contribution in [3.63, 3.8) is 0 Å². The van der Waals surface area contributed by atoms with Crippen molar-refractivity contribution in [3.05, 3.63) is 35.1 Å². The molecule has 0 saturated carbocycles. The van der Waals surface area contributed by atoms with Gasteiger partial charge in [0.2, 0.25) is 5.88 Å². The van der Waals surface area contributed by atoms with Crippen LogP contribution in [0.1, 0.15) is 21.7 Å². The van der Waals surface area contributed by atoms with Gasteiger partial charge in [-0.2, -0.15) is 0 Å². The number of nitrogens with zero attached hydrogens (tertiary/aromatic N) is 4. The molecule has 1 amide bonds. The third-order valence-corrected chi connectivity index (χ3v) is 5.57. The summed E-state index contributed by atoms with van der Waals surface area (Å²) < 4.78 is 30.2. The lowest BCUT2D eigenvalue weighted by Gasteiger charge is -2.12. The Hall–Kier alpha value is -2.92. The minimum absolute atomic E-state index is 0.0429. The van der Waals surface area contributed by atoms with Crippen molar-refractivity contribution in [2.45, 2.75) is 19.8 Å². The van der Waals surface area contributed by atoms with Gasteiger partial charge in [0.25, 0.3) is 12.3 Å². The normalized spacial score (nSPS) is 11.3. The minimum Gasteiger partial charge on any atom is -0.470 e. The number of hydrogen-bond donors (Lipinski definition) is 2. The van der Waals surface area contributed by atoms with Gasteiger partial charge in [0.05, 0.1) is 10.3 Å². The summed E-state index contributed by atoms with van der Waals surface area (Å²) in [5.41, 5.74) is 1.13. The van der Waals surface area contributed by atoms with Crippen LogP contribution in [0.15, 0.2) is 24.7 Å². The summed E-state index contributed by atoms with van der Waals surface area (Å²) in [4.78, 5) is 28.5. The molecule has 0 aliphatic heterocycles. The third kappa shape index (κ3) is 5.82. The number of halogens is 2. The van der Waals surface area contributed by atoms with Gasteiger partial charge in [-0.15, -0.1) is 11.3 Å². The molecule has 166 valence electrons. The third-order valence-electron chi connectivity index (χ3n) is 4.37. The Morgan fingerprint density at radius 3 is 2.84 bits per heavy atom. The van der Waals surface area contributed by atoms with Crippen molar-refractivity contribution in [2.75, 3.05) is 39.1 Å². The van der Waals surface area contributed by atoms with Gasteiger partial charge in [-0.05, 0) is 51.7 Å². The van der Waals surface area contributed by atoms with Gasteiger partial charge in [-0.1, -0.05) is 0 Å². The molecule has 0 unspecified atom stereocenters. The highest BCUT2D eigenvalue weighted by molar-refractivity contribution is 7.20. The molecule has 0 aliphatic carbocycles. The Labute approximate surface area is 182 Å². The van der Waals surface area contributed by atoms with Crippen molar-refractivity contribution in [2.24, 2.45) is 0 Å². The Morgan fingerprint density at radius 1 is 1.29 bits per heavy atom. The van der Waals surface area contributed by atoms with E-state index in [4.69, 9.17) is 4.74 Å². The molecule has 0 spiro atoms. The van der Waals surface area contributed by atoms with E-state index in [1.165, 1.54) is 23.9 Å².